The Morgan fingerprint density at radius 3 is 2.89 bits per heavy atom. The van der Waals surface area contributed by atoms with Gasteiger partial charge in [-0.2, -0.15) is 0 Å². The highest BCUT2D eigenvalue weighted by atomic mass is 16.5. The SMILES string of the molecule is CNCC1CC(Oc2ccnc(C(=O)N(C)C)c2)C1. The molecular weight excluding hydrogens is 242 g/mol. The van der Waals surface area contributed by atoms with Gasteiger partial charge in [0.2, 0.25) is 0 Å². The number of hydrogen-bond donors (Lipinski definition) is 1. The van der Waals surface area contributed by atoms with Crippen molar-refractivity contribution in [3.63, 3.8) is 0 Å². The number of pyridine rings is 1. The fourth-order valence-electron chi connectivity index (χ4n) is 2.25. The van der Waals surface area contributed by atoms with E-state index in [2.05, 4.69) is 10.3 Å². The standard InChI is InChI=1S/C14H21N3O2/c1-15-9-10-6-12(7-10)19-11-4-5-16-13(8-11)14(18)17(2)3/h4-5,8,10,12,15H,6-7,9H2,1-3H3. The third-order valence-electron chi connectivity index (χ3n) is 3.34. The summed E-state index contributed by atoms with van der Waals surface area (Å²) in [4.78, 5) is 17.4. The van der Waals surface area contributed by atoms with Crippen molar-refractivity contribution in [3.05, 3.63) is 24.0 Å². The van der Waals surface area contributed by atoms with Crippen molar-refractivity contribution in [2.24, 2.45) is 5.92 Å². The fourth-order valence-corrected chi connectivity index (χ4v) is 2.25. The van der Waals surface area contributed by atoms with E-state index in [1.807, 2.05) is 7.05 Å². The molecule has 1 aromatic heterocycles. The molecule has 0 saturated heterocycles. The second kappa shape index (κ2) is 6.02. The van der Waals surface area contributed by atoms with E-state index in [1.54, 1.807) is 32.4 Å². The van der Waals surface area contributed by atoms with Gasteiger partial charge in [0, 0.05) is 26.4 Å². The van der Waals surface area contributed by atoms with Crippen LogP contribution in [0, 0.1) is 5.92 Å². The van der Waals surface area contributed by atoms with Gasteiger partial charge in [0.25, 0.3) is 5.91 Å². The molecule has 1 N–H and O–H groups in total. The molecule has 0 spiro atoms. The van der Waals surface area contributed by atoms with E-state index in [-0.39, 0.29) is 12.0 Å². The van der Waals surface area contributed by atoms with Crippen molar-refractivity contribution < 1.29 is 9.53 Å². The molecule has 1 fully saturated rings. The molecule has 1 aliphatic carbocycles. The molecule has 1 heterocycles. The molecule has 1 saturated carbocycles. The van der Waals surface area contributed by atoms with Crippen LogP contribution in [0.15, 0.2) is 18.3 Å². The van der Waals surface area contributed by atoms with Crippen molar-refractivity contribution in [1.82, 2.24) is 15.2 Å². The number of aromatic nitrogens is 1. The Morgan fingerprint density at radius 2 is 2.26 bits per heavy atom. The predicted molar refractivity (Wildman–Crippen MR) is 73.3 cm³/mol. The molecule has 5 heteroatoms. The highest BCUT2D eigenvalue weighted by Crippen LogP contribution is 2.30. The van der Waals surface area contributed by atoms with Crippen LogP contribution in [-0.4, -0.2) is 49.6 Å². The summed E-state index contributed by atoms with van der Waals surface area (Å²) < 4.78 is 5.86. The summed E-state index contributed by atoms with van der Waals surface area (Å²) in [6.45, 7) is 1.04. The van der Waals surface area contributed by atoms with Crippen molar-refractivity contribution in [2.75, 3.05) is 27.7 Å². The van der Waals surface area contributed by atoms with Gasteiger partial charge in [-0.05, 0) is 38.4 Å². The van der Waals surface area contributed by atoms with E-state index in [0.29, 0.717) is 11.6 Å². The largest absolute Gasteiger partial charge is 0.490 e. The average Bonchev–Trinajstić information content (AvgIpc) is 2.35. The van der Waals surface area contributed by atoms with E-state index < -0.39 is 0 Å². The minimum absolute atomic E-state index is 0.105. The van der Waals surface area contributed by atoms with Gasteiger partial charge < -0.3 is 15.0 Å². The zero-order valence-corrected chi connectivity index (χ0v) is 11.7. The normalized spacial score (nSPS) is 21.6. The van der Waals surface area contributed by atoms with Gasteiger partial charge in [0.05, 0.1) is 6.10 Å². The number of nitrogens with zero attached hydrogens (tertiary/aromatic N) is 2. The van der Waals surface area contributed by atoms with E-state index in [1.165, 1.54) is 4.90 Å². The second-order valence-electron chi connectivity index (χ2n) is 5.21. The Bertz CT molecular complexity index is 442. The zero-order chi connectivity index (χ0) is 13.8. The van der Waals surface area contributed by atoms with Crippen LogP contribution >= 0.6 is 0 Å². The van der Waals surface area contributed by atoms with Crippen LogP contribution in [0.25, 0.3) is 0 Å². The van der Waals surface area contributed by atoms with Crippen LogP contribution in [0.4, 0.5) is 0 Å². The van der Waals surface area contributed by atoms with Gasteiger partial charge in [-0.3, -0.25) is 9.78 Å². The minimum Gasteiger partial charge on any atom is -0.490 e. The lowest BCUT2D eigenvalue weighted by Crippen LogP contribution is -2.38. The smallest absolute Gasteiger partial charge is 0.272 e. The van der Waals surface area contributed by atoms with Crippen LogP contribution in [-0.2, 0) is 0 Å². The minimum atomic E-state index is -0.105. The first kappa shape index (κ1) is 13.8. The van der Waals surface area contributed by atoms with Crippen molar-refractivity contribution >= 4 is 5.91 Å². The number of hydrogen-bond acceptors (Lipinski definition) is 4. The van der Waals surface area contributed by atoms with E-state index >= 15 is 0 Å². The molecule has 0 atom stereocenters. The highest BCUT2D eigenvalue weighted by molar-refractivity contribution is 5.92. The van der Waals surface area contributed by atoms with Gasteiger partial charge in [0.15, 0.2) is 0 Å². The summed E-state index contributed by atoms with van der Waals surface area (Å²) in [6.07, 6.45) is 4.03. The average molecular weight is 263 g/mol. The number of ether oxygens (including phenoxy) is 1. The number of carbonyl (C=O) groups excluding carboxylic acids is 1. The summed E-state index contributed by atoms with van der Waals surface area (Å²) in [7, 11) is 5.40. The third-order valence-corrected chi connectivity index (χ3v) is 3.34. The Kier molecular flexibility index (Phi) is 4.37. The summed E-state index contributed by atoms with van der Waals surface area (Å²) >= 11 is 0. The Morgan fingerprint density at radius 1 is 1.53 bits per heavy atom. The summed E-state index contributed by atoms with van der Waals surface area (Å²) in [5.41, 5.74) is 0.425. The molecule has 1 aliphatic rings. The third kappa shape index (κ3) is 3.44. The molecule has 104 valence electrons. The molecular formula is C14H21N3O2. The number of nitrogens with one attached hydrogen (secondary N) is 1. The Balaban J connectivity index is 1.92. The van der Waals surface area contributed by atoms with Gasteiger partial charge in [0.1, 0.15) is 11.4 Å². The Hall–Kier alpha value is -1.62. The van der Waals surface area contributed by atoms with Gasteiger partial charge in [-0.1, -0.05) is 0 Å². The maximum absolute atomic E-state index is 11.8. The van der Waals surface area contributed by atoms with E-state index in [9.17, 15) is 4.79 Å². The first-order chi connectivity index (χ1) is 9.10. The maximum atomic E-state index is 11.8. The van der Waals surface area contributed by atoms with Gasteiger partial charge in [-0.15, -0.1) is 0 Å². The number of amides is 1. The fraction of sp³-hybridized carbons (Fsp3) is 0.571. The molecule has 0 aliphatic heterocycles. The lowest BCUT2D eigenvalue weighted by Gasteiger charge is -2.35. The summed E-state index contributed by atoms with van der Waals surface area (Å²) in [5.74, 6) is 1.33. The number of rotatable bonds is 5. The molecule has 5 nitrogen and oxygen atoms in total. The quantitative estimate of drug-likeness (QED) is 0.866. The summed E-state index contributed by atoms with van der Waals surface area (Å²) in [6, 6.07) is 3.52. The molecule has 0 bridgehead atoms. The van der Waals surface area contributed by atoms with Gasteiger partial charge >= 0.3 is 0 Å². The van der Waals surface area contributed by atoms with E-state index in [0.717, 1.165) is 25.1 Å². The molecule has 0 radical (unpaired) electrons. The maximum Gasteiger partial charge on any atom is 0.272 e. The van der Waals surface area contributed by atoms with Crippen molar-refractivity contribution in [2.45, 2.75) is 18.9 Å². The molecule has 2 rings (SSSR count). The molecule has 0 aromatic carbocycles. The zero-order valence-electron chi connectivity index (χ0n) is 11.7. The lowest BCUT2D eigenvalue weighted by atomic mass is 9.82. The Labute approximate surface area is 114 Å². The van der Waals surface area contributed by atoms with Crippen LogP contribution in [0.5, 0.6) is 5.75 Å². The van der Waals surface area contributed by atoms with Gasteiger partial charge in [-0.25, -0.2) is 0 Å². The monoisotopic (exact) mass is 263 g/mol. The first-order valence-electron chi connectivity index (χ1n) is 6.59. The lowest BCUT2D eigenvalue weighted by molar-refractivity contribution is 0.0652. The van der Waals surface area contributed by atoms with E-state index in [4.69, 9.17) is 4.74 Å². The van der Waals surface area contributed by atoms with Crippen LogP contribution in [0.1, 0.15) is 23.3 Å². The van der Waals surface area contributed by atoms with Crippen LogP contribution in [0.2, 0.25) is 0 Å². The van der Waals surface area contributed by atoms with Crippen LogP contribution < -0.4 is 10.1 Å². The van der Waals surface area contributed by atoms with Crippen molar-refractivity contribution in [1.29, 1.82) is 0 Å². The number of carbonyl (C=O) groups is 1. The van der Waals surface area contributed by atoms with Crippen LogP contribution in [0.3, 0.4) is 0 Å². The van der Waals surface area contributed by atoms with Crippen molar-refractivity contribution in [3.8, 4) is 5.75 Å². The second-order valence-corrected chi connectivity index (χ2v) is 5.21. The topological polar surface area (TPSA) is 54.5 Å². The highest BCUT2D eigenvalue weighted by Gasteiger charge is 2.30. The molecule has 1 amide bonds. The predicted octanol–water partition coefficient (Wildman–Crippen LogP) is 1.16. The molecule has 19 heavy (non-hydrogen) atoms. The molecule has 0 unspecified atom stereocenters. The summed E-state index contributed by atoms with van der Waals surface area (Å²) in [5, 5.41) is 3.17. The molecule has 1 aromatic rings. The first-order valence-corrected chi connectivity index (χ1v) is 6.59.